The van der Waals surface area contributed by atoms with Gasteiger partial charge in [-0.3, -0.25) is 0 Å². The van der Waals surface area contributed by atoms with Crippen molar-refractivity contribution in [1.82, 2.24) is 15.3 Å². The van der Waals surface area contributed by atoms with Crippen LogP contribution in [-0.4, -0.2) is 16.5 Å². The summed E-state index contributed by atoms with van der Waals surface area (Å²) in [6.07, 6.45) is 10.5. The summed E-state index contributed by atoms with van der Waals surface area (Å²) in [6.45, 7) is 7.66. The maximum atomic E-state index is 4.14. The Hall–Kier alpha value is -0.960. The van der Waals surface area contributed by atoms with Crippen molar-refractivity contribution in [2.45, 2.75) is 52.5 Å². The lowest BCUT2D eigenvalue weighted by atomic mass is 9.87. The summed E-state index contributed by atoms with van der Waals surface area (Å²) in [7, 11) is 0. The van der Waals surface area contributed by atoms with Crippen molar-refractivity contribution >= 4 is 0 Å². The van der Waals surface area contributed by atoms with Crippen molar-refractivity contribution < 1.29 is 0 Å². The van der Waals surface area contributed by atoms with Gasteiger partial charge in [-0.2, -0.15) is 0 Å². The fourth-order valence-electron chi connectivity index (χ4n) is 2.47. The van der Waals surface area contributed by atoms with Crippen molar-refractivity contribution in [2.75, 3.05) is 6.54 Å². The van der Waals surface area contributed by atoms with Crippen molar-refractivity contribution in [3.63, 3.8) is 0 Å². The zero-order valence-electron chi connectivity index (χ0n) is 11.3. The molecule has 1 N–H and O–H groups in total. The Labute approximate surface area is 105 Å². The van der Waals surface area contributed by atoms with Crippen molar-refractivity contribution in [1.29, 1.82) is 0 Å². The van der Waals surface area contributed by atoms with Crippen LogP contribution in [0.4, 0.5) is 0 Å². The van der Waals surface area contributed by atoms with Gasteiger partial charge in [-0.1, -0.05) is 33.6 Å². The lowest BCUT2D eigenvalue weighted by Crippen LogP contribution is -2.28. The molecule has 0 aromatic carbocycles. The molecule has 1 aromatic heterocycles. The number of nitrogens with zero attached hydrogens (tertiary/aromatic N) is 2. The van der Waals surface area contributed by atoms with E-state index in [4.69, 9.17) is 0 Å². The predicted octanol–water partition coefficient (Wildman–Crippen LogP) is 3.34. The molecule has 1 atom stereocenters. The van der Waals surface area contributed by atoms with Crippen LogP contribution in [-0.2, 0) is 0 Å². The summed E-state index contributed by atoms with van der Waals surface area (Å²) in [5.41, 5.74) is 1.22. The first-order valence-electron chi connectivity index (χ1n) is 6.81. The zero-order chi connectivity index (χ0) is 12.5. The van der Waals surface area contributed by atoms with Gasteiger partial charge in [-0.05, 0) is 25.3 Å². The fraction of sp³-hybridized carbons (Fsp3) is 0.714. The summed E-state index contributed by atoms with van der Waals surface area (Å²) in [4.78, 5) is 8.28. The lowest BCUT2D eigenvalue weighted by Gasteiger charge is -2.27. The molecule has 17 heavy (non-hydrogen) atoms. The molecule has 0 saturated heterocycles. The first-order valence-corrected chi connectivity index (χ1v) is 6.81. The molecular weight excluding hydrogens is 210 g/mol. The van der Waals surface area contributed by atoms with Gasteiger partial charge in [0.25, 0.3) is 0 Å². The molecule has 1 heterocycles. The molecule has 1 aromatic rings. The number of hydrogen-bond donors (Lipinski definition) is 1. The first-order chi connectivity index (χ1) is 8.33. The topological polar surface area (TPSA) is 37.8 Å². The van der Waals surface area contributed by atoms with Crippen LogP contribution < -0.4 is 5.32 Å². The SMILES string of the molecule is CCCC(CCC)C(NCC)c1cncnc1. The molecule has 1 unspecified atom stereocenters. The third-order valence-corrected chi connectivity index (χ3v) is 3.15. The molecule has 0 aliphatic heterocycles. The second-order valence-corrected chi connectivity index (χ2v) is 4.54. The quantitative estimate of drug-likeness (QED) is 0.751. The average molecular weight is 235 g/mol. The first kappa shape index (κ1) is 14.1. The normalized spacial score (nSPS) is 12.9. The maximum Gasteiger partial charge on any atom is 0.115 e. The van der Waals surface area contributed by atoms with Gasteiger partial charge in [-0.25, -0.2) is 9.97 Å². The smallest absolute Gasteiger partial charge is 0.115 e. The lowest BCUT2D eigenvalue weighted by molar-refractivity contribution is 0.319. The van der Waals surface area contributed by atoms with Gasteiger partial charge >= 0.3 is 0 Å². The Bertz CT molecular complexity index is 281. The van der Waals surface area contributed by atoms with Crippen LogP contribution >= 0.6 is 0 Å². The molecule has 0 saturated carbocycles. The van der Waals surface area contributed by atoms with E-state index in [1.54, 1.807) is 6.33 Å². The summed E-state index contributed by atoms with van der Waals surface area (Å²) in [6, 6.07) is 0.404. The highest BCUT2D eigenvalue weighted by molar-refractivity contribution is 5.10. The molecule has 0 fully saturated rings. The molecule has 96 valence electrons. The van der Waals surface area contributed by atoms with E-state index in [1.165, 1.54) is 31.2 Å². The predicted molar refractivity (Wildman–Crippen MR) is 71.8 cm³/mol. The third kappa shape index (κ3) is 4.43. The van der Waals surface area contributed by atoms with Crippen molar-refractivity contribution in [3.8, 4) is 0 Å². The molecule has 0 spiro atoms. The molecule has 0 radical (unpaired) electrons. The van der Waals surface area contributed by atoms with E-state index in [1.807, 2.05) is 12.4 Å². The van der Waals surface area contributed by atoms with E-state index < -0.39 is 0 Å². The van der Waals surface area contributed by atoms with Crippen molar-refractivity contribution in [2.24, 2.45) is 5.92 Å². The molecule has 0 amide bonds. The van der Waals surface area contributed by atoms with E-state index in [0.717, 1.165) is 6.54 Å². The summed E-state index contributed by atoms with van der Waals surface area (Å²) < 4.78 is 0. The van der Waals surface area contributed by atoms with Gasteiger partial charge in [0, 0.05) is 24.0 Å². The van der Waals surface area contributed by atoms with Crippen LogP contribution in [0.25, 0.3) is 0 Å². The second-order valence-electron chi connectivity index (χ2n) is 4.54. The Morgan fingerprint density at radius 1 is 1.06 bits per heavy atom. The van der Waals surface area contributed by atoms with E-state index in [9.17, 15) is 0 Å². The zero-order valence-corrected chi connectivity index (χ0v) is 11.3. The van der Waals surface area contributed by atoms with Crippen LogP contribution in [0.3, 0.4) is 0 Å². The Kier molecular flexibility index (Phi) is 6.78. The summed E-state index contributed by atoms with van der Waals surface area (Å²) in [5.74, 6) is 0.691. The Morgan fingerprint density at radius 2 is 1.65 bits per heavy atom. The Morgan fingerprint density at radius 3 is 2.12 bits per heavy atom. The highest BCUT2D eigenvalue weighted by atomic mass is 14.9. The van der Waals surface area contributed by atoms with Crippen LogP contribution in [0.2, 0.25) is 0 Å². The minimum atomic E-state index is 0.404. The molecular formula is C14H25N3. The van der Waals surface area contributed by atoms with Gasteiger partial charge in [0.2, 0.25) is 0 Å². The minimum absolute atomic E-state index is 0.404. The highest BCUT2D eigenvalue weighted by Gasteiger charge is 2.21. The maximum absolute atomic E-state index is 4.14. The van der Waals surface area contributed by atoms with Gasteiger partial charge in [-0.15, -0.1) is 0 Å². The molecule has 0 aliphatic rings. The van der Waals surface area contributed by atoms with Gasteiger partial charge in [0.1, 0.15) is 6.33 Å². The average Bonchev–Trinajstić information content (AvgIpc) is 2.37. The summed E-state index contributed by atoms with van der Waals surface area (Å²) >= 11 is 0. The monoisotopic (exact) mass is 235 g/mol. The van der Waals surface area contributed by atoms with Crippen LogP contribution in [0.5, 0.6) is 0 Å². The van der Waals surface area contributed by atoms with Crippen molar-refractivity contribution in [3.05, 3.63) is 24.3 Å². The highest BCUT2D eigenvalue weighted by Crippen LogP contribution is 2.28. The number of hydrogen-bond acceptors (Lipinski definition) is 3. The van der Waals surface area contributed by atoms with E-state index in [-0.39, 0.29) is 0 Å². The van der Waals surface area contributed by atoms with Gasteiger partial charge < -0.3 is 5.32 Å². The summed E-state index contributed by atoms with van der Waals surface area (Å²) in [5, 5.41) is 3.59. The van der Waals surface area contributed by atoms with Crippen LogP contribution in [0.1, 0.15) is 58.1 Å². The standard InChI is InChI=1S/C14H25N3/c1-4-7-12(8-5-2)14(17-6-3)13-9-15-11-16-10-13/h9-12,14,17H,4-8H2,1-3H3. The largest absolute Gasteiger partial charge is 0.310 e. The Balaban J connectivity index is 2.81. The minimum Gasteiger partial charge on any atom is -0.310 e. The number of aromatic nitrogens is 2. The van der Waals surface area contributed by atoms with E-state index in [0.29, 0.717) is 12.0 Å². The number of rotatable bonds is 8. The second kappa shape index (κ2) is 8.18. The van der Waals surface area contributed by atoms with Crippen LogP contribution in [0.15, 0.2) is 18.7 Å². The molecule has 0 bridgehead atoms. The molecule has 3 nitrogen and oxygen atoms in total. The van der Waals surface area contributed by atoms with E-state index >= 15 is 0 Å². The van der Waals surface area contributed by atoms with E-state index in [2.05, 4.69) is 36.1 Å². The van der Waals surface area contributed by atoms with Crippen LogP contribution in [0, 0.1) is 5.92 Å². The fourth-order valence-corrected chi connectivity index (χ4v) is 2.47. The molecule has 0 aliphatic carbocycles. The molecule has 1 rings (SSSR count). The van der Waals surface area contributed by atoms with Gasteiger partial charge in [0.05, 0.1) is 0 Å². The third-order valence-electron chi connectivity index (χ3n) is 3.15. The molecule has 3 heteroatoms. The number of nitrogens with one attached hydrogen (secondary N) is 1. The van der Waals surface area contributed by atoms with Gasteiger partial charge in [0.15, 0.2) is 0 Å².